The fraction of sp³-hybridized carbons (Fsp3) is 0.150. The summed E-state index contributed by atoms with van der Waals surface area (Å²) in [6.07, 6.45) is -1.14. The Kier molecular flexibility index (Phi) is 13.3. The van der Waals surface area contributed by atoms with Gasteiger partial charge in [-0.15, -0.1) is 0 Å². The summed E-state index contributed by atoms with van der Waals surface area (Å²) in [7, 11) is 4.76. The molecule has 0 aliphatic carbocycles. The first-order valence-electron chi connectivity index (χ1n) is 15.5. The number of rotatable bonds is 10. The SMILES string of the molecule is CC(C[S+](c1ccc(Cl)cc1)c1ccc(Cl)cc1)=C(C#N)C#N.COc1ccc([B-](C)(c2ccc(OC)cc2)c2ccc(OC)cc2)cc1. The van der Waals surface area contributed by atoms with E-state index in [1.807, 2.05) is 104 Å². The van der Waals surface area contributed by atoms with Gasteiger partial charge in [0.05, 0.1) is 38.4 Å². The van der Waals surface area contributed by atoms with Crippen LogP contribution in [0.4, 0.5) is 0 Å². The molecule has 5 aromatic carbocycles. The van der Waals surface area contributed by atoms with Crippen LogP contribution in [0, 0.1) is 22.7 Å². The highest BCUT2D eigenvalue weighted by atomic mass is 35.5. The molecule has 0 unspecified atom stereocenters. The molecule has 0 N–H and O–H groups in total. The molecule has 0 aliphatic rings. The van der Waals surface area contributed by atoms with E-state index in [-0.39, 0.29) is 16.5 Å². The molecule has 5 nitrogen and oxygen atoms in total. The minimum absolute atomic E-state index is 0.172. The average Bonchev–Trinajstić information content (AvgIpc) is 3.15. The molecular formula is C40H37BCl2N2O3S. The Morgan fingerprint density at radius 2 is 0.878 bits per heavy atom. The quantitative estimate of drug-likeness (QED) is 0.0832. The van der Waals surface area contributed by atoms with E-state index < -0.39 is 6.15 Å². The smallest absolute Gasteiger partial charge is 0.161 e. The lowest BCUT2D eigenvalue weighted by Gasteiger charge is -2.39. The van der Waals surface area contributed by atoms with Crippen LogP contribution in [-0.4, -0.2) is 33.2 Å². The van der Waals surface area contributed by atoms with Crippen molar-refractivity contribution in [2.75, 3.05) is 27.1 Å². The van der Waals surface area contributed by atoms with Crippen LogP contribution < -0.4 is 30.6 Å². The minimum Gasteiger partial charge on any atom is -0.497 e. The molecule has 0 aliphatic heterocycles. The van der Waals surface area contributed by atoms with Crippen LogP contribution in [0.1, 0.15) is 6.92 Å². The first kappa shape index (κ1) is 37.0. The van der Waals surface area contributed by atoms with E-state index in [0.717, 1.165) is 32.6 Å². The monoisotopic (exact) mass is 706 g/mol. The number of benzene rings is 5. The number of allylic oxidation sites excluding steroid dienone is 1. The van der Waals surface area contributed by atoms with Crippen LogP contribution in [0.2, 0.25) is 16.9 Å². The zero-order valence-electron chi connectivity index (χ0n) is 28.1. The van der Waals surface area contributed by atoms with Crippen LogP contribution >= 0.6 is 23.2 Å². The molecule has 0 radical (unpaired) electrons. The molecule has 248 valence electrons. The van der Waals surface area contributed by atoms with Crippen molar-refractivity contribution >= 4 is 56.6 Å². The highest BCUT2D eigenvalue weighted by Gasteiger charge is 2.27. The normalized spacial score (nSPS) is 10.6. The lowest BCUT2D eigenvalue weighted by molar-refractivity contribution is 0.415. The number of hydrogen-bond donors (Lipinski definition) is 0. The summed E-state index contributed by atoms with van der Waals surface area (Å²) in [6.45, 7) is 4.12. The minimum atomic E-state index is -1.14. The standard InChI is InChI=1S/C22H24BO3.C18H13Cl2N2S/c1-23(17-5-11-20(24-2)12-6-17,18-7-13-21(25-3)14-8-18)19-9-15-22(26-4)16-10-19;1-13(14(10-21)11-22)12-23(17-6-2-15(19)3-7-17)18-8-4-16(20)5-9-18/h5-16H,1-4H3;2-9H,12H2,1H3/q-1;+1. The molecule has 0 aromatic heterocycles. The molecule has 0 saturated heterocycles. The molecule has 9 heteroatoms. The van der Waals surface area contributed by atoms with E-state index >= 15 is 0 Å². The van der Waals surface area contributed by atoms with Gasteiger partial charge in [0, 0.05) is 15.6 Å². The number of ether oxygens (including phenoxy) is 3. The van der Waals surface area contributed by atoms with E-state index in [1.165, 1.54) is 16.4 Å². The number of methoxy groups -OCH3 is 3. The number of hydrogen-bond acceptors (Lipinski definition) is 5. The summed E-state index contributed by atoms with van der Waals surface area (Å²) >= 11 is 11.9. The maximum Gasteiger partial charge on any atom is 0.161 e. The lowest BCUT2D eigenvalue weighted by atomic mass is 9.17. The van der Waals surface area contributed by atoms with Gasteiger partial charge in [-0.05, 0) is 91.9 Å². The molecule has 5 aromatic rings. The maximum atomic E-state index is 9.06. The van der Waals surface area contributed by atoms with Gasteiger partial charge in [-0.1, -0.05) is 59.6 Å². The van der Waals surface area contributed by atoms with Crippen molar-refractivity contribution in [3.05, 3.63) is 143 Å². The van der Waals surface area contributed by atoms with E-state index in [0.29, 0.717) is 15.8 Å². The third-order valence-electron chi connectivity index (χ3n) is 8.55. The maximum absolute atomic E-state index is 9.06. The average molecular weight is 708 g/mol. The topological polar surface area (TPSA) is 75.3 Å². The molecule has 0 spiro atoms. The Balaban J connectivity index is 0.000000223. The predicted molar refractivity (Wildman–Crippen MR) is 205 cm³/mol. The Labute approximate surface area is 302 Å². The Hall–Kier alpha value is -4.79. The van der Waals surface area contributed by atoms with Gasteiger partial charge in [-0.25, -0.2) is 0 Å². The van der Waals surface area contributed by atoms with Crippen LogP contribution in [0.25, 0.3) is 0 Å². The van der Waals surface area contributed by atoms with Crippen molar-refractivity contribution < 1.29 is 14.2 Å². The zero-order valence-corrected chi connectivity index (χ0v) is 30.4. The highest BCUT2D eigenvalue weighted by molar-refractivity contribution is 7.97. The van der Waals surface area contributed by atoms with Crippen LogP contribution in [-0.2, 0) is 10.9 Å². The molecule has 0 heterocycles. The summed E-state index contributed by atoms with van der Waals surface area (Å²) in [5, 5.41) is 19.5. The van der Waals surface area contributed by atoms with Gasteiger partial charge in [0.1, 0.15) is 40.7 Å². The molecular weight excluding hydrogens is 670 g/mol. The molecule has 5 rings (SSSR count). The van der Waals surface area contributed by atoms with Crippen LogP contribution in [0.15, 0.2) is 142 Å². The third-order valence-corrected chi connectivity index (χ3v) is 11.5. The van der Waals surface area contributed by atoms with E-state index in [9.17, 15) is 0 Å². The Bertz CT molecular complexity index is 1760. The summed E-state index contributed by atoms with van der Waals surface area (Å²) in [6, 6.07) is 44.2. The number of nitrogens with zero attached hydrogens (tertiary/aromatic N) is 2. The largest absolute Gasteiger partial charge is 0.497 e. The van der Waals surface area contributed by atoms with E-state index in [2.05, 4.69) is 43.2 Å². The second-order valence-electron chi connectivity index (χ2n) is 11.4. The van der Waals surface area contributed by atoms with Crippen LogP contribution in [0.3, 0.4) is 0 Å². The van der Waals surface area contributed by atoms with Crippen molar-refractivity contribution in [2.24, 2.45) is 0 Å². The van der Waals surface area contributed by atoms with Gasteiger partial charge in [-0.3, -0.25) is 0 Å². The summed E-state index contributed by atoms with van der Waals surface area (Å²) in [5.41, 5.74) is 4.71. The third kappa shape index (κ3) is 9.22. The molecule has 0 saturated carbocycles. The van der Waals surface area contributed by atoms with Crippen molar-refractivity contribution in [3.8, 4) is 29.4 Å². The lowest BCUT2D eigenvalue weighted by Crippen LogP contribution is -2.64. The van der Waals surface area contributed by atoms with Gasteiger partial charge in [0.15, 0.2) is 9.79 Å². The van der Waals surface area contributed by atoms with Gasteiger partial charge in [0.25, 0.3) is 0 Å². The van der Waals surface area contributed by atoms with Gasteiger partial charge < -0.3 is 14.2 Å². The second kappa shape index (κ2) is 17.6. The fourth-order valence-corrected chi connectivity index (χ4v) is 7.91. The molecule has 0 atom stereocenters. The second-order valence-corrected chi connectivity index (χ2v) is 14.3. The number of halogens is 2. The van der Waals surface area contributed by atoms with E-state index in [1.54, 1.807) is 21.3 Å². The Morgan fingerprint density at radius 3 is 1.14 bits per heavy atom. The first-order valence-corrected chi connectivity index (χ1v) is 17.7. The summed E-state index contributed by atoms with van der Waals surface area (Å²) in [5.74, 6) is 3.18. The fourth-order valence-electron chi connectivity index (χ4n) is 5.55. The zero-order chi connectivity index (χ0) is 35.4. The highest BCUT2D eigenvalue weighted by Crippen LogP contribution is 2.28. The summed E-state index contributed by atoms with van der Waals surface area (Å²) in [4.78, 5) is 2.21. The first-order chi connectivity index (χ1) is 23.7. The van der Waals surface area contributed by atoms with Crippen LogP contribution in [0.5, 0.6) is 17.2 Å². The molecule has 0 fully saturated rings. The molecule has 0 amide bonds. The van der Waals surface area contributed by atoms with Gasteiger partial charge in [0.2, 0.25) is 0 Å². The van der Waals surface area contributed by atoms with Crippen molar-refractivity contribution in [2.45, 2.75) is 23.5 Å². The summed E-state index contributed by atoms with van der Waals surface area (Å²) < 4.78 is 16.0. The van der Waals surface area contributed by atoms with Gasteiger partial charge >= 0.3 is 0 Å². The van der Waals surface area contributed by atoms with Crippen molar-refractivity contribution in [1.82, 2.24) is 0 Å². The molecule has 49 heavy (non-hydrogen) atoms. The predicted octanol–water partition coefficient (Wildman–Crippen LogP) is 8.21. The Morgan fingerprint density at radius 1 is 0.571 bits per heavy atom. The van der Waals surface area contributed by atoms with Crippen molar-refractivity contribution in [3.63, 3.8) is 0 Å². The molecule has 0 bridgehead atoms. The van der Waals surface area contributed by atoms with Crippen molar-refractivity contribution in [1.29, 1.82) is 10.5 Å². The van der Waals surface area contributed by atoms with E-state index in [4.69, 9.17) is 47.9 Å². The van der Waals surface area contributed by atoms with Gasteiger partial charge in [-0.2, -0.15) is 33.7 Å². The number of nitriles is 2.